The Hall–Kier alpha value is -1.89. The Kier molecular flexibility index (Phi) is 4.89. The van der Waals surface area contributed by atoms with Gasteiger partial charge in [-0.3, -0.25) is 10.1 Å². The van der Waals surface area contributed by atoms with Gasteiger partial charge < -0.3 is 0 Å². The molecule has 0 unspecified atom stereocenters. The van der Waals surface area contributed by atoms with Crippen LogP contribution in [0.15, 0.2) is 24.3 Å². The van der Waals surface area contributed by atoms with Crippen LogP contribution in [0.25, 0.3) is 0 Å². The first-order valence-corrected chi connectivity index (χ1v) is 3.88. The van der Waals surface area contributed by atoms with Crippen LogP contribution in [0, 0.1) is 21.4 Å². The molecule has 0 radical (unpaired) electrons. The van der Waals surface area contributed by atoms with Gasteiger partial charge in [-0.2, -0.15) is 5.26 Å². The summed E-state index contributed by atoms with van der Waals surface area (Å²) in [7, 11) is 0. The molecule has 0 aliphatic rings. The summed E-state index contributed by atoms with van der Waals surface area (Å²) in [6.45, 7) is 4.00. The van der Waals surface area contributed by atoms with Crippen LogP contribution in [0.5, 0.6) is 0 Å². The third-order valence-corrected chi connectivity index (χ3v) is 1.21. The van der Waals surface area contributed by atoms with E-state index in [1.807, 2.05) is 19.9 Å². The molecule has 0 atom stereocenters. The standard InChI is InChI=1S/C7H4N2O2.C2H6/c8-5-6-1-3-7(4-2-6)9(10)11;1-2/h1-4H;1-2H3. The molecule has 4 heteroatoms. The van der Waals surface area contributed by atoms with Gasteiger partial charge >= 0.3 is 0 Å². The second kappa shape index (κ2) is 5.72. The van der Waals surface area contributed by atoms with Crippen molar-refractivity contribution in [2.45, 2.75) is 13.8 Å². The Bertz CT molecular complexity index is 311. The molecule has 4 nitrogen and oxygen atoms in total. The van der Waals surface area contributed by atoms with Crippen LogP contribution in [0.1, 0.15) is 19.4 Å². The molecule has 0 fully saturated rings. The van der Waals surface area contributed by atoms with Gasteiger partial charge in [-0.25, -0.2) is 0 Å². The number of benzene rings is 1. The molecule has 68 valence electrons. The van der Waals surface area contributed by atoms with Crippen LogP contribution >= 0.6 is 0 Å². The van der Waals surface area contributed by atoms with E-state index in [9.17, 15) is 10.1 Å². The lowest BCUT2D eigenvalue weighted by molar-refractivity contribution is -0.384. The predicted octanol–water partition coefficient (Wildman–Crippen LogP) is 2.49. The van der Waals surface area contributed by atoms with Gasteiger partial charge in [-0.05, 0) is 12.1 Å². The van der Waals surface area contributed by atoms with Gasteiger partial charge in [-0.15, -0.1) is 0 Å². The molecule has 0 heterocycles. The van der Waals surface area contributed by atoms with Crippen LogP contribution in [-0.2, 0) is 0 Å². The molecule has 0 N–H and O–H groups in total. The first-order valence-electron chi connectivity index (χ1n) is 3.88. The quantitative estimate of drug-likeness (QED) is 0.490. The molecule has 1 aromatic carbocycles. The number of nitro groups is 1. The second-order valence-corrected chi connectivity index (χ2v) is 1.92. The van der Waals surface area contributed by atoms with Crippen molar-refractivity contribution >= 4 is 5.69 Å². The highest BCUT2D eigenvalue weighted by Crippen LogP contribution is 2.10. The van der Waals surface area contributed by atoms with Gasteiger partial charge in [0.05, 0.1) is 16.6 Å². The fourth-order valence-corrected chi connectivity index (χ4v) is 0.658. The molecular weight excluding hydrogens is 168 g/mol. The predicted molar refractivity (Wildman–Crippen MR) is 49.2 cm³/mol. The summed E-state index contributed by atoms with van der Waals surface area (Å²) >= 11 is 0. The van der Waals surface area contributed by atoms with E-state index in [4.69, 9.17) is 5.26 Å². The van der Waals surface area contributed by atoms with Crippen molar-refractivity contribution in [3.05, 3.63) is 39.9 Å². The van der Waals surface area contributed by atoms with Gasteiger partial charge in [-0.1, -0.05) is 13.8 Å². The lowest BCUT2D eigenvalue weighted by Gasteiger charge is -1.88. The maximum atomic E-state index is 10.1. The third-order valence-electron chi connectivity index (χ3n) is 1.21. The Morgan fingerprint density at radius 2 is 1.77 bits per heavy atom. The summed E-state index contributed by atoms with van der Waals surface area (Å²) in [5, 5.41) is 18.5. The van der Waals surface area contributed by atoms with E-state index in [-0.39, 0.29) is 5.69 Å². The summed E-state index contributed by atoms with van der Waals surface area (Å²) in [5.74, 6) is 0. The minimum atomic E-state index is -0.499. The zero-order valence-corrected chi connectivity index (χ0v) is 7.52. The van der Waals surface area contributed by atoms with Crippen molar-refractivity contribution in [3.8, 4) is 6.07 Å². The number of nitriles is 1. The summed E-state index contributed by atoms with van der Waals surface area (Å²) in [6.07, 6.45) is 0. The highest BCUT2D eigenvalue weighted by molar-refractivity contribution is 5.38. The van der Waals surface area contributed by atoms with Gasteiger partial charge in [0.1, 0.15) is 0 Å². The van der Waals surface area contributed by atoms with Gasteiger partial charge in [0, 0.05) is 12.1 Å². The Morgan fingerprint density at radius 1 is 1.31 bits per heavy atom. The molecule has 0 bridgehead atoms. The van der Waals surface area contributed by atoms with Crippen molar-refractivity contribution in [1.82, 2.24) is 0 Å². The Labute approximate surface area is 76.6 Å². The summed E-state index contributed by atoms with van der Waals surface area (Å²) in [6, 6.07) is 7.31. The zero-order valence-electron chi connectivity index (χ0n) is 7.52. The molecule has 1 rings (SSSR count). The molecule has 1 aromatic rings. The van der Waals surface area contributed by atoms with Crippen LogP contribution < -0.4 is 0 Å². The van der Waals surface area contributed by atoms with Crippen molar-refractivity contribution in [2.24, 2.45) is 0 Å². The van der Waals surface area contributed by atoms with Crippen LogP contribution in [-0.4, -0.2) is 4.92 Å². The van der Waals surface area contributed by atoms with Gasteiger partial charge in [0.25, 0.3) is 5.69 Å². The first kappa shape index (κ1) is 11.1. The molecule has 0 aliphatic carbocycles. The second-order valence-electron chi connectivity index (χ2n) is 1.92. The van der Waals surface area contributed by atoms with E-state index >= 15 is 0 Å². The maximum Gasteiger partial charge on any atom is 0.269 e. The molecule has 0 spiro atoms. The number of non-ortho nitro benzene ring substituents is 1. The van der Waals surface area contributed by atoms with E-state index < -0.39 is 4.92 Å². The van der Waals surface area contributed by atoms with Crippen LogP contribution in [0.4, 0.5) is 5.69 Å². The van der Waals surface area contributed by atoms with Gasteiger partial charge in [0.15, 0.2) is 0 Å². The summed E-state index contributed by atoms with van der Waals surface area (Å²) < 4.78 is 0. The van der Waals surface area contributed by atoms with E-state index in [1.165, 1.54) is 24.3 Å². The van der Waals surface area contributed by atoms with Gasteiger partial charge in [0.2, 0.25) is 0 Å². The molecule has 13 heavy (non-hydrogen) atoms. The SMILES string of the molecule is CC.N#Cc1ccc([N+](=O)[O-])cc1. The number of rotatable bonds is 1. The molecular formula is C9H10N2O2. The summed E-state index contributed by atoms with van der Waals surface area (Å²) in [4.78, 5) is 9.62. The molecule has 0 saturated carbocycles. The van der Waals surface area contributed by atoms with E-state index in [2.05, 4.69) is 0 Å². The normalized spacial score (nSPS) is 7.77. The van der Waals surface area contributed by atoms with E-state index in [1.54, 1.807) is 0 Å². The molecule has 0 aliphatic heterocycles. The Morgan fingerprint density at radius 3 is 2.08 bits per heavy atom. The lowest BCUT2D eigenvalue weighted by Crippen LogP contribution is -1.86. The van der Waals surface area contributed by atoms with E-state index in [0.717, 1.165) is 0 Å². The minimum absolute atomic E-state index is 0.00370. The maximum absolute atomic E-state index is 10.1. The fraction of sp³-hybridized carbons (Fsp3) is 0.222. The smallest absolute Gasteiger partial charge is 0.258 e. The zero-order chi connectivity index (χ0) is 10.3. The highest BCUT2D eigenvalue weighted by Gasteiger charge is 2.02. The molecule has 0 aromatic heterocycles. The third kappa shape index (κ3) is 3.34. The van der Waals surface area contributed by atoms with Crippen molar-refractivity contribution in [1.29, 1.82) is 5.26 Å². The minimum Gasteiger partial charge on any atom is -0.258 e. The van der Waals surface area contributed by atoms with Crippen LogP contribution in [0.3, 0.4) is 0 Å². The average Bonchev–Trinajstić information content (AvgIpc) is 2.21. The first-order chi connectivity index (χ1) is 6.24. The average molecular weight is 178 g/mol. The molecule has 0 amide bonds. The van der Waals surface area contributed by atoms with Crippen molar-refractivity contribution < 1.29 is 4.92 Å². The largest absolute Gasteiger partial charge is 0.269 e. The lowest BCUT2D eigenvalue weighted by atomic mass is 10.2. The monoisotopic (exact) mass is 178 g/mol. The Balaban J connectivity index is 0.000000671. The molecule has 0 saturated heterocycles. The number of nitrogens with zero attached hydrogens (tertiary/aromatic N) is 2. The summed E-state index contributed by atoms with van der Waals surface area (Å²) in [5.41, 5.74) is 0.430. The highest BCUT2D eigenvalue weighted by atomic mass is 16.6. The van der Waals surface area contributed by atoms with E-state index in [0.29, 0.717) is 5.56 Å². The van der Waals surface area contributed by atoms with Crippen LogP contribution in [0.2, 0.25) is 0 Å². The van der Waals surface area contributed by atoms with Crippen molar-refractivity contribution in [3.63, 3.8) is 0 Å². The topological polar surface area (TPSA) is 66.9 Å². The van der Waals surface area contributed by atoms with Crippen molar-refractivity contribution in [2.75, 3.05) is 0 Å². The number of hydrogen-bond acceptors (Lipinski definition) is 3. The fourth-order valence-electron chi connectivity index (χ4n) is 0.658. The number of nitro benzene ring substituents is 1. The number of hydrogen-bond donors (Lipinski definition) is 0.